The van der Waals surface area contributed by atoms with Crippen molar-refractivity contribution < 1.29 is 22.8 Å². The average Bonchev–Trinajstić information content (AvgIpc) is 3.20. The normalized spacial score (nSPS) is 23.0. The lowest BCUT2D eigenvalue weighted by Gasteiger charge is -2.35. The van der Waals surface area contributed by atoms with Gasteiger partial charge in [-0.2, -0.15) is 0 Å². The van der Waals surface area contributed by atoms with Gasteiger partial charge in [-0.25, -0.2) is 8.42 Å². The summed E-state index contributed by atoms with van der Waals surface area (Å²) in [6.45, 7) is 0. The average molecular weight is 431 g/mol. The fourth-order valence-corrected chi connectivity index (χ4v) is 6.00. The standard InChI is InChI=1S/C24H17NO5S/c26-16-11-12-18-19(13-16)22-21(24(28)23(18)27)20(15-7-3-1-4-8-15)14-25(22)31(29,30)17-9-5-2-6-10-17/h1-12,14,21-22H,13H2. The highest BCUT2D eigenvalue weighted by atomic mass is 32.2. The number of allylic oxidation sites excluding steroid dienone is 3. The molecule has 0 aromatic heterocycles. The summed E-state index contributed by atoms with van der Waals surface area (Å²) in [5.41, 5.74) is 1.62. The van der Waals surface area contributed by atoms with Gasteiger partial charge in [0.05, 0.1) is 16.9 Å². The summed E-state index contributed by atoms with van der Waals surface area (Å²) in [5, 5.41) is 0. The monoisotopic (exact) mass is 431 g/mol. The van der Waals surface area contributed by atoms with Crippen LogP contribution in [-0.4, -0.2) is 36.1 Å². The van der Waals surface area contributed by atoms with Crippen molar-refractivity contribution in [1.82, 2.24) is 4.31 Å². The maximum absolute atomic E-state index is 13.6. The smallest absolute Gasteiger partial charge is 0.264 e. The first-order valence-corrected chi connectivity index (χ1v) is 11.2. The second-order valence-corrected chi connectivity index (χ2v) is 9.47. The summed E-state index contributed by atoms with van der Waals surface area (Å²) in [6, 6.07) is 15.9. The SMILES string of the molecule is O=C1C=CC2=C(C1)C1C(C(=O)C2=O)C(c2ccccc2)=CN1S(=O)(=O)c1ccccc1. The molecule has 0 fully saturated rings. The van der Waals surface area contributed by atoms with Crippen LogP contribution >= 0.6 is 0 Å². The third-order valence-corrected chi connectivity index (χ3v) is 7.63. The van der Waals surface area contributed by atoms with E-state index in [1.807, 2.05) is 6.07 Å². The maximum Gasteiger partial charge on any atom is 0.264 e. The molecule has 31 heavy (non-hydrogen) atoms. The number of benzene rings is 2. The Hall–Kier alpha value is -3.58. The molecule has 2 aromatic carbocycles. The maximum atomic E-state index is 13.6. The summed E-state index contributed by atoms with van der Waals surface area (Å²) in [4.78, 5) is 38.3. The van der Waals surface area contributed by atoms with Gasteiger partial charge in [0.2, 0.25) is 11.6 Å². The van der Waals surface area contributed by atoms with Crippen molar-refractivity contribution in [3.05, 3.63) is 95.7 Å². The molecule has 0 spiro atoms. The zero-order chi connectivity index (χ0) is 21.8. The Labute approximate surface area is 179 Å². The Morgan fingerprint density at radius 2 is 1.48 bits per heavy atom. The molecule has 6 nitrogen and oxygen atoms in total. The van der Waals surface area contributed by atoms with E-state index in [1.165, 1.54) is 30.5 Å². The van der Waals surface area contributed by atoms with E-state index in [-0.39, 0.29) is 22.7 Å². The molecular weight excluding hydrogens is 414 g/mol. The number of ketones is 3. The van der Waals surface area contributed by atoms with Crippen LogP contribution in [0.1, 0.15) is 12.0 Å². The van der Waals surface area contributed by atoms with Crippen molar-refractivity contribution in [2.75, 3.05) is 0 Å². The van der Waals surface area contributed by atoms with Crippen LogP contribution in [0.25, 0.3) is 5.57 Å². The molecular formula is C24H17NO5S. The van der Waals surface area contributed by atoms with Gasteiger partial charge in [-0.1, -0.05) is 48.5 Å². The Kier molecular flexibility index (Phi) is 4.37. The third kappa shape index (κ3) is 2.92. The molecule has 2 atom stereocenters. The Morgan fingerprint density at radius 1 is 0.839 bits per heavy atom. The van der Waals surface area contributed by atoms with Crippen LogP contribution in [0.5, 0.6) is 0 Å². The van der Waals surface area contributed by atoms with Crippen molar-refractivity contribution >= 4 is 32.9 Å². The minimum atomic E-state index is -4.04. The van der Waals surface area contributed by atoms with Gasteiger partial charge in [0.25, 0.3) is 10.0 Å². The molecule has 0 amide bonds. The molecule has 0 radical (unpaired) electrons. The van der Waals surface area contributed by atoms with E-state index in [2.05, 4.69) is 0 Å². The zero-order valence-corrected chi connectivity index (χ0v) is 17.1. The number of fused-ring (bicyclic) bond motifs is 2. The molecule has 0 saturated heterocycles. The van der Waals surface area contributed by atoms with Gasteiger partial charge in [0.1, 0.15) is 0 Å². The Morgan fingerprint density at radius 3 is 2.16 bits per heavy atom. The summed E-state index contributed by atoms with van der Waals surface area (Å²) in [5.74, 6) is -2.57. The van der Waals surface area contributed by atoms with Crippen molar-refractivity contribution in [2.45, 2.75) is 17.4 Å². The van der Waals surface area contributed by atoms with Gasteiger partial charge in [-0.15, -0.1) is 0 Å². The van der Waals surface area contributed by atoms with Gasteiger partial charge < -0.3 is 0 Å². The fraction of sp³-hybridized carbons (Fsp3) is 0.125. The largest absolute Gasteiger partial charge is 0.294 e. The Bertz CT molecular complexity index is 1320. The summed E-state index contributed by atoms with van der Waals surface area (Å²) < 4.78 is 28.3. The predicted molar refractivity (Wildman–Crippen MR) is 113 cm³/mol. The van der Waals surface area contributed by atoms with Crippen LogP contribution in [0, 0.1) is 5.92 Å². The van der Waals surface area contributed by atoms with Crippen LogP contribution < -0.4 is 0 Å². The molecule has 5 rings (SSSR count). The third-order valence-electron chi connectivity index (χ3n) is 5.87. The van der Waals surface area contributed by atoms with E-state index in [4.69, 9.17) is 0 Å². The number of hydrogen-bond acceptors (Lipinski definition) is 5. The molecule has 0 N–H and O–H groups in total. The Balaban J connectivity index is 1.75. The topological polar surface area (TPSA) is 88.6 Å². The number of Topliss-reactive ketones (excluding diaryl/α,β-unsaturated/α-hetero) is 2. The number of hydrogen-bond donors (Lipinski definition) is 0. The molecule has 1 heterocycles. The number of rotatable bonds is 3. The minimum Gasteiger partial charge on any atom is -0.294 e. The van der Waals surface area contributed by atoms with Crippen LogP contribution in [-0.2, 0) is 24.4 Å². The molecule has 0 bridgehead atoms. The molecule has 0 saturated carbocycles. The van der Waals surface area contributed by atoms with Crippen LogP contribution in [0.4, 0.5) is 0 Å². The molecule has 2 unspecified atom stereocenters. The second kappa shape index (κ2) is 6.99. The van der Waals surface area contributed by atoms with E-state index in [0.717, 1.165) is 4.31 Å². The minimum absolute atomic E-state index is 0.0727. The van der Waals surface area contributed by atoms with Gasteiger partial charge in [-0.05, 0) is 41.0 Å². The van der Waals surface area contributed by atoms with Gasteiger partial charge >= 0.3 is 0 Å². The lowest BCUT2D eigenvalue weighted by molar-refractivity contribution is -0.136. The first kappa shape index (κ1) is 19.4. The van der Waals surface area contributed by atoms with Crippen LogP contribution in [0.2, 0.25) is 0 Å². The number of carbonyl (C=O) groups is 3. The molecule has 7 heteroatoms. The summed E-state index contributed by atoms with van der Waals surface area (Å²) in [6.07, 6.45) is 3.95. The number of carbonyl (C=O) groups excluding carboxylic acids is 3. The lowest BCUT2D eigenvalue weighted by atomic mass is 9.72. The molecule has 2 aromatic rings. The van der Waals surface area contributed by atoms with Crippen molar-refractivity contribution in [3.63, 3.8) is 0 Å². The first-order chi connectivity index (χ1) is 14.9. The highest BCUT2D eigenvalue weighted by molar-refractivity contribution is 7.89. The predicted octanol–water partition coefficient (Wildman–Crippen LogP) is 2.69. The van der Waals surface area contributed by atoms with Crippen molar-refractivity contribution in [1.29, 1.82) is 0 Å². The molecule has 2 aliphatic carbocycles. The highest BCUT2D eigenvalue weighted by Gasteiger charge is 2.53. The van der Waals surface area contributed by atoms with Gasteiger partial charge in [0, 0.05) is 18.2 Å². The summed E-state index contributed by atoms with van der Waals surface area (Å²) >= 11 is 0. The van der Waals surface area contributed by atoms with Crippen molar-refractivity contribution in [2.24, 2.45) is 5.92 Å². The van der Waals surface area contributed by atoms with E-state index < -0.39 is 33.5 Å². The highest BCUT2D eigenvalue weighted by Crippen LogP contribution is 2.47. The quantitative estimate of drug-likeness (QED) is 0.698. The van der Waals surface area contributed by atoms with Crippen LogP contribution in [0.15, 0.2) is 95.1 Å². The van der Waals surface area contributed by atoms with Gasteiger partial charge in [0.15, 0.2) is 5.78 Å². The van der Waals surface area contributed by atoms with E-state index in [9.17, 15) is 22.8 Å². The van der Waals surface area contributed by atoms with E-state index in [1.54, 1.807) is 42.5 Å². The second-order valence-electron chi connectivity index (χ2n) is 7.63. The van der Waals surface area contributed by atoms with E-state index >= 15 is 0 Å². The number of nitrogens with zero attached hydrogens (tertiary/aromatic N) is 1. The number of sulfonamides is 1. The molecule has 3 aliphatic rings. The first-order valence-electron chi connectivity index (χ1n) is 9.78. The zero-order valence-electron chi connectivity index (χ0n) is 16.3. The van der Waals surface area contributed by atoms with E-state index in [0.29, 0.717) is 16.7 Å². The molecule has 1 aliphatic heterocycles. The molecule has 154 valence electrons. The lowest BCUT2D eigenvalue weighted by Crippen LogP contribution is -2.47. The fourth-order valence-electron chi connectivity index (χ4n) is 4.46. The van der Waals surface area contributed by atoms with Crippen LogP contribution in [0.3, 0.4) is 0 Å². The van der Waals surface area contributed by atoms with Gasteiger partial charge in [-0.3, -0.25) is 18.7 Å². The van der Waals surface area contributed by atoms with Crippen molar-refractivity contribution in [3.8, 4) is 0 Å². The summed E-state index contributed by atoms with van der Waals surface area (Å²) in [7, 11) is -4.04.